The second kappa shape index (κ2) is 10.1. The third-order valence-electron chi connectivity index (χ3n) is 5.76. The number of likely N-dealkylation sites (N-methyl/N-ethyl adjacent to an activating group) is 1. The Bertz CT molecular complexity index is 1060. The van der Waals surface area contributed by atoms with E-state index in [0.717, 1.165) is 34.7 Å². The van der Waals surface area contributed by atoms with Crippen LogP contribution >= 0.6 is 11.3 Å². The predicted octanol–water partition coefficient (Wildman–Crippen LogP) is 3.84. The monoisotopic (exact) mass is 452 g/mol. The number of benzene rings is 2. The van der Waals surface area contributed by atoms with Crippen molar-refractivity contribution in [1.29, 1.82) is 0 Å². The fraction of sp³-hybridized carbons (Fsp3) is 0.375. The van der Waals surface area contributed by atoms with Crippen LogP contribution in [0.4, 0.5) is 5.69 Å². The van der Waals surface area contributed by atoms with Crippen molar-refractivity contribution in [3.63, 3.8) is 0 Å². The Hall–Kier alpha value is -2.97. The molecule has 0 unspecified atom stereocenters. The summed E-state index contributed by atoms with van der Waals surface area (Å²) in [7, 11) is 1.78. The molecule has 2 atom stereocenters. The molecule has 4 rings (SSSR count). The molecule has 2 amide bonds. The van der Waals surface area contributed by atoms with E-state index in [4.69, 9.17) is 4.74 Å². The normalized spacial score (nSPS) is 16.6. The third-order valence-corrected chi connectivity index (χ3v) is 6.96. The Morgan fingerprint density at radius 1 is 1.22 bits per heavy atom. The lowest BCUT2D eigenvalue weighted by molar-refractivity contribution is -0.129. The van der Waals surface area contributed by atoms with Crippen LogP contribution in [0.2, 0.25) is 0 Å². The predicted molar refractivity (Wildman–Crippen MR) is 127 cm³/mol. The number of para-hydroxylation sites is 2. The maximum absolute atomic E-state index is 12.9. The van der Waals surface area contributed by atoms with E-state index in [0.29, 0.717) is 17.8 Å². The molecule has 3 aromatic rings. The van der Waals surface area contributed by atoms with Crippen LogP contribution in [0.3, 0.4) is 0 Å². The van der Waals surface area contributed by atoms with Crippen LogP contribution in [-0.2, 0) is 9.53 Å². The van der Waals surface area contributed by atoms with Gasteiger partial charge in [0.25, 0.3) is 5.91 Å². The molecule has 32 heavy (non-hydrogen) atoms. The Morgan fingerprint density at radius 2 is 2.00 bits per heavy atom. The zero-order valence-electron chi connectivity index (χ0n) is 18.3. The summed E-state index contributed by atoms with van der Waals surface area (Å²) < 4.78 is 6.68. The highest BCUT2D eigenvalue weighted by Crippen LogP contribution is 2.29. The molecule has 0 radical (unpaired) electrons. The van der Waals surface area contributed by atoms with Crippen LogP contribution in [0.1, 0.15) is 41.2 Å². The number of nitrogens with one attached hydrogen (secondary N) is 2. The first-order chi connectivity index (χ1) is 15.5. The second-order valence-corrected chi connectivity index (χ2v) is 9.01. The summed E-state index contributed by atoms with van der Waals surface area (Å²) in [4.78, 5) is 31.9. The summed E-state index contributed by atoms with van der Waals surface area (Å²) in [6.07, 6.45) is 2.08. The molecule has 1 saturated heterocycles. The van der Waals surface area contributed by atoms with Gasteiger partial charge in [0.2, 0.25) is 5.91 Å². The summed E-state index contributed by atoms with van der Waals surface area (Å²) in [5, 5.41) is 6.97. The van der Waals surface area contributed by atoms with Gasteiger partial charge in [-0.25, -0.2) is 4.98 Å². The highest BCUT2D eigenvalue weighted by molar-refractivity contribution is 7.18. The Morgan fingerprint density at radius 3 is 2.78 bits per heavy atom. The van der Waals surface area contributed by atoms with Crippen LogP contribution in [-0.4, -0.2) is 54.5 Å². The average molecular weight is 453 g/mol. The van der Waals surface area contributed by atoms with Crippen LogP contribution in [0.25, 0.3) is 10.2 Å². The molecule has 1 aromatic heterocycles. The number of carbonyl (C=O) groups excluding carboxylic acids is 2. The zero-order valence-corrected chi connectivity index (χ0v) is 19.2. The molecular weight excluding hydrogens is 424 g/mol. The molecule has 0 saturated carbocycles. The number of hydrogen-bond donors (Lipinski definition) is 2. The van der Waals surface area contributed by atoms with Crippen LogP contribution in [0.15, 0.2) is 48.5 Å². The molecule has 0 aliphatic carbocycles. The summed E-state index contributed by atoms with van der Waals surface area (Å²) in [6, 6.07) is 15.0. The molecule has 1 aliphatic rings. The number of ether oxygens (including phenoxy) is 1. The lowest BCUT2D eigenvalue weighted by Crippen LogP contribution is -2.35. The number of amides is 2. The minimum Gasteiger partial charge on any atom is -0.376 e. The van der Waals surface area contributed by atoms with Crippen molar-refractivity contribution in [3.05, 3.63) is 59.1 Å². The molecule has 1 fully saturated rings. The standard InChI is InChI=1S/C24H28N4O3S/c1-16(24-27-20-11-5-6-12-21(20)32-24)28(2)22(29)15-25-19-10-4-3-9-18(19)23(30)26-14-17-8-7-13-31-17/h3-6,9-12,16-17,25H,7-8,13-15H2,1-2H3,(H,26,30)/t16-,17+/m0/s1. The highest BCUT2D eigenvalue weighted by atomic mass is 32.1. The van der Waals surface area contributed by atoms with Gasteiger partial charge in [0.15, 0.2) is 0 Å². The van der Waals surface area contributed by atoms with E-state index in [9.17, 15) is 9.59 Å². The van der Waals surface area contributed by atoms with Crippen LogP contribution in [0, 0.1) is 0 Å². The average Bonchev–Trinajstić information content (AvgIpc) is 3.50. The Kier molecular flexibility index (Phi) is 7.02. The molecule has 2 heterocycles. The largest absolute Gasteiger partial charge is 0.376 e. The molecule has 2 N–H and O–H groups in total. The van der Waals surface area contributed by atoms with E-state index < -0.39 is 0 Å². The van der Waals surface area contributed by atoms with Gasteiger partial charge in [-0.15, -0.1) is 11.3 Å². The number of fused-ring (bicyclic) bond motifs is 1. The minimum absolute atomic E-state index is 0.0775. The van der Waals surface area contributed by atoms with E-state index in [2.05, 4.69) is 15.6 Å². The maximum atomic E-state index is 12.9. The van der Waals surface area contributed by atoms with Gasteiger partial charge in [-0.05, 0) is 44.0 Å². The zero-order chi connectivity index (χ0) is 22.5. The molecular formula is C24H28N4O3S. The van der Waals surface area contributed by atoms with Gasteiger partial charge in [-0.1, -0.05) is 24.3 Å². The molecule has 1 aliphatic heterocycles. The maximum Gasteiger partial charge on any atom is 0.253 e. The molecule has 168 valence electrons. The van der Waals surface area contributed by atoms with Crippen molar-refractivity contribution in [3.8, 4) is 0 Å². The fourth-order valence-corrected chi connectivity index (χ4v) is 4.75. The number of thiazole rings is 1. The Labute approximate surface area is 191 Å². The van der Waals surface area contributed by atoms with Gasteiger partial charge in [-0.2, -0.15) is 0 Å². The van der Waals surface area contributed by atoms with Crippen LogP contribution < -0.4 is 10.6 Å². The lowest BCUT2D eigenvalue weighted by Gasteiger charge is -2.24. The molecule has 7 nitrogen and oxygen atoms in total. The van der Waals surface area contributed by atoms with Gasteiger partial charge in [0, 0.05) is 25.9 Å². The van der Waals surface area contributed by atoms with Gasteiger partial charge < -0.3 is 20.3 Å². The van der Waals surface area contributed by atoms with E-state index in [1.54, 1.807) is 29.4 Å². The van der Waals surface area contributed by atoms with Crippen molar-refractivity contribution < 1.29 is 14.3 Å². The van der Waals surface area contributed by atoms with Gasteiger partial charge in [-0.3, -0.25) is 9.59 Å². The molecule has 0 spiro atoms. The first kappa shape index (κ1) is 22.2. The lowest BCUT2D eigenvalue weighted by atomic mass is 10.1. The number of aromatic nitrogens is 1. The van der Waals surface area contributed by atoms with Crippen molar-refractivity contribution in [2.45, 2.75) is 31.9 Å². The number of hydrogen-bond acceptors (Lipinski definition) is 6. The molecule has 2 aromatic carbocycles. The first-order valence-corrected chi connectivity index (χ1v) is 11.7. The number of carbonyl (C=O) groups is 2. The second-order valence-electron chi connectivity index (χ2n) is 7.94. The van der Waals surface area contributed by atoms with E-state index in [1.165, 1.54) is 0 Å². The number of rotatable bonds is 8. The van der Waals surface area contributed by atoms with Gasteiger partial charge in [0.05, 0.1) is 34.5 Å². The molecule has 0 bridgehead atoms. The topological polar surface area (TPSA) is 83.6 Å². The highest BCUT2D eigenvalue weighted by Gasteiger charge is 2.22. The van der Waals surface area contributed by atoms with Gasteiger partial charge in [0.1, 0.15) is 5.01 Å². The number of nitrogens with zero attached hydrogens (tertiary/aromatic N) is 2. The third kappa shape index (κ3) is 5.08. The SMILES string of the molecule is C[C@@H](c1nc2ccccc2s1)N(C)C(=O)CNc1ccccc1C(=O)NC[C@H]1CCCO1. The minimum atomic E-state index is -0.174. The summed E-state index contributed by atoms with van der Waals surface area (Å²) >= 11 is 1.60. The summed E-state index contributed by atoms with van der Waals surface area (Å²) in [6.45, 7) is 3.31. The van der Waals surface area contributed by atoms with Crippen molar-refractivity contribution in [1.82, 2.24) is 15.2 Å². The Balaban J connectivity index is 1.36. The summed E-state index contributed by atoms with van der Waals surface area (Å²) in [5.74, 6) is -0.251. The van der Waals surface area contributed by atoms with E-state index >= 15 is 0 Å². The van der Waals surface area contributed by atoms with Gasteiger partial charge >= 0.3 is 0 Å². The van der Waals surface area contributed by atoms with E-state index in [1.807, 2.05) is 49.4 Å². The first-order valence-electron chi connectivity index (χ1n) is 10.9. The van der Waals surface area contributed by atoms with Crippen molar-refractivity contribution >= 4 is 39.1 Å². The van der Waals surface area contributed by atoms with Crippen molar-refractivity contribution in [2.24, 2.45) is 0 Å². The smallest absolute Gasteiger partial charge is 0.253 e. The molecule has 8 heteroatoms. The fourth-order valence-electron chi connectivity index (χ4n) is 3.69. The number of anilines is 1. The van der Waals surface area contributed by atoms with Crippen LogP contribution in [0.5, 0.6) is 0 Å². The van der Waals surface area contributed by atoms with E-state index in [-0.39, 0.29) is 30.5 Å². The quantitative estimate of drug-likeness (QED) is 0.543. The summed E-state index contributed by atoms with van der Waals surface area (Å²) in [5.41, 5.74) is 2.09. The van der Waals surface area contributed by atoms with Crippen molar-refractivity contribution in [2.75, 3.05) is 32.1 Å².